The van der Waals surface area contributed by atoms with Gasteiger partial charge in [-0.1, -0.05) is 30.3 Å². The summed E-state index contributed by atoms with van der Waals surface area (Å²) in [6, 6.07) is 9.71. The fraction of sp³-hybridized carbons (Fsp3) is 0.231. The number of hydrogen-bond donors (Lipinski definition) is 1. The number of nitrogens with zero attached hydrogens (tertiary/aromatic N) is 2. The molecule has 0 saturated heterocycles. The Kier molecular flexibility index (Phi) is 4.44. The van der Waals surface area contributed by atoms with E-state index in [1.165, 1.54) is 11.3 Å². The summed E-state index contributed by atoms with van der Waals surface area (Å²) in [5, 5.41) is 10.8. The summed E-state index contributed by atoms with van der Waals surface area (Å²) in [7, 11) is 0. The molecule has 0 atom stereocenters. The molecule has 1 heterocycles. The van der Waals surface area contributed by atoms with Gasteiger partial charge in [-0.3, -0.25) is 4.79 Å². The van der Waals surface area contributed by atoms with E-state index in [0.717, 1.165) is 5.56 Å². The Morgan fingerprint density at radius 3 is 2.72 bits per heavy atom. The Labute approximate surface area is 110 Å². The molecule has 1 aromatic heterocycles. The first-order chi connectivity index (χ1) is 8.81. The van der Waals surface area contributed by atoms with Gasteiger partial charge in [0.1, 0.15) is 5.69 Å². The maximum atomic E-state index is 12.2. The van der Waals surface area contributed by atoms with Crippen molar-refractivity contribution in [3.05, 3.63) is 52.5 Å². The first-order valence-corrected chi connectivity index (χ1v) is 6.58. The average Bonchev–Trinajstić information content (AvgIpc) is 2.92. The second kappa shape index (κ2) is 6.28. The topological polar surface area (TPSA) is 53.4 Å². The molecular formula is C13H14N2O2S. The molecule has 0 unspecified atom stereocenters. The number of thiazole rings is 1. The monoisotopic (exact) mass is 262 g/mol. The molecule has 0 spiro atoms. The fourth-order valence-corrected chi connectivity index (χ4v) is 2.18. The molecule has 0 aliphatic carbocycles. The number of benzene rings is 1. The van der Waals surface area contributed by atoms with E-state index in [1.807, 2.05) is 30.3 Å². The number of hydrogen-bond acceptors (Lipinski definition) is 4. The third kappa shape index (κ3) is 3.15. The van der Waals surface area contributed by atoms with Crippen molar-refractivity contribution in [2.24, 2.45) is 0 Å². The van der Waals surface area contributed by atoms with Gasteiger partial charge in [0.25, 0.3) is 5.91 Å². The van der Waals surface area contributed by atoms with Crippen molar-refractivity contribution >= 4 is 17.2 Å². The van der Waals surface area contributed by atoms with E-state index in [2.05, 4.69) is 4.98 Å². The maximum Gasteiger partial charge on any atom is 0.273 e. The smallest absolute Gasteiger partial charge is 0.273 e. The molecular weight excluding hydrogens is 248 g/mol. The molecule has 94 valence electrons. The van der Waals surface area contributed by atoms with Crippen molar-refractivity contribution in [3.8, 4) is 0 Å². The van der Waals surface area contributed by atoms with Crippen LogP contribution >= 0.6 is 11.3 Å². The highest BCUT2D eigenvalue weighted by Gasteiger charge is 2.17. The van der Waals surface area contributed by atoms with E-state index in [-0.39, 0.29) is 12.5 Å². The van der Waals surface area contributed by atoms with Crippen molar-refractivity contribution < 1.29 is 9.90 Å². The summed E-state index contributed by atoms with van der Waals surface area (Å²) in [6.07, 6.45) is 0. The number of rotatable bonds is 5. The van der Waals surface area contributed by atoms with Gasteiger partial charge in [0.15, 0.2) is 0 Å². The van der Waals surface area contributed by atoms with Crippen LogP contribution in [0.4, 0.5) is 0 Å². The summed E-state index contributed by atoms with van der Waals surface area (Å²) < 4.78 is 0. The molecule has 1 amide bonds. The van der Waals surface area contributed by atoms with E-state index in [0.29, 0.717) is 18.8 Å². The quantitative estimate of drug-likeness (QED) is 0.893. The van der Waals surface area contributed by atoms with Crippen LogP contribution in [0.5, 0.6) is 0 Å². The normalized spacial score (nSPS) is 10.3. The molecule has 0 aliphatic heterocycles. The highest BCUT2D eigenvalue weighted by Crippen LogP contribution is 2.10. The maximum absolute atomic E-state index is 12.2. The van der Waals surface area contributed by atoms with Gasteiger partial charge in [-0.15, -0.1) is 11.3 Å². The predicted octanol–water partition coefficient (Wildman–Crippen LogP) is 1.78. The second-order valence-corrected chi connectivity index (χ2v) is 4.53. The zero-order valence-electron chi connectivity index (χ0n) is 9.82. The van der Waals surface area contributed by atoms with Gasteiger partial charge in [0.05, 0.1) is 12.1 Å². The Morgan fingerprint density at radius 1 is 1.33 bits per heavy atom. The number of aromatic nitrogens is 1. The predicted molar refractivity (Wildman–Crippen MR) is 70.4 cm³/mol. The zero-order valence-corrected chi connectivity index (χ0v) is 10.6. The van der Waals surface area contributed by atoms with Crippen molar-refractivity contribution in [1.82, 2.24) is 9.88 Å². The fourth-order valence-electron chi connectivity index (χ4n) is 1.66. The Hall–Kier alpha value is -1.72. The Balaban J connectivity index is 2.11. The van der Waals surface area contributed by atoms with E-state index in [4.69, 9.17) is 5.11 Å². The lowest BCUT2D eigenvalue weighted by Gasteiger charge is -2.20. The van der Waals surface area contributed by atoms with Crippen LogP contribution in [0, 0.1) is 0 Å². The first kappa shape index (κ1) is 12.7. The minimum absolute atomic E-state index is 0.0529. The number of carbonyl (C=O) groups is 1. The highest BCUT2D eigenvalue weighted by molar-refractivity contribution is 7.07. The molecule has 18 heavy (non-hydrogen) atoms. The van der Waals surface area contributed by atoms with Crippen LogP contribution in [0.3, 0.4) is 0 Å². The highest BCUT2D eigenvalue weighted by atomic mass is 32.1. The minimum Gasteiger partial charge on any atom is -0.395 e. The SMILES string of the molecule is O=C(c1cscn1)N(CCO)Cc1ccccc1. The molecule has 0 bridgehead atoms. The molecule has 1 aromatic carbocycles. The van der Waals surface area contributed by atoms with Crippen LogP contribution < -0.4 is 0 Å². The lowest BCUT2D eigenvalue weighted by molar-refractivity contribution is 0.0703. The van der Waals surface area contributed by atoms with Gasteiger partial charge in [-0.2, -0.15) is 0 Å². The number of aliphatic hydroxyl groups excluding tert-OH is 1. The summed E-state index contributed by atoms with van der Waals surface area (Å²) in [5.74, 6) is -0.144. The molecule has 0 saturated carbocycles. The molecule has 0 radical (unpaired) electrons. The van der Waals surface area contributed by atoms with Crippen molar-refractivity contribution in [2.45, 2.75) is 6.54 Å². The molecule has 0 aliphatic rings. The zero-order chi connectivity index (χ0) is 12.8. The second-order valence-electron chi connectivity index (χ2n) is 3.81. The van der Waals surface area contributed by atoms with Gasteiger partial charge in [0, 0.05) is 18.5 Å². The molecule has 4 nitrogen and oxygen atoms in total. The largest absolute Gasteiger partial charge is 0.395 e. The van der Waals surface area contributed by atoms with Crippen LogP contribution in [0.15, 0.2) is 41.2 Å². The minimum atomic E-state index is -0.144. The van der Waals surface area contributed by atoms with Crippen molar-refractivity contribution in [2.75, 3.05) is 13.2 Å². The van der Waals surface area contributed by atoms with E-state index in [9.17, 15) is 4.79 Å². The standard InChI is InChI=1S/C13H14N2O2S/c16-7-6-15(8-11-4-2-1-3-5-11)13(17)12-9-18-10-14-12/h1-5,9-10,16H,6-8H2. The van der Waals surface area contributed by atoms with Gasteiger partial charge >= 0.3 is 0 Å². The molecule has 2 aromatic rings. The van der Waals surface area contributed by atoms with Crippen LogP contribution in [0.25, 0.3) is 0 Å². The van der Waals surface area contributed by atoms with Crippen LogP contribution in [-0.2, 0) is 6.54 Å². The lowest BCUT2D eigenvalue weighted by Crippen LogP contribution is -2.33. The Bertz CT molecular complexity index is 485. The number of amides is 1. The third-order valence-electron chi connectivity index (χ3n) is 2.52. The number of carbonyl (C=O) groups excluding carboxylic acids is 1. The first-order valence-electron chi connectivity index (χ1n) is 5.63. The lowest BCUT2D eigenvalue weighted by atomic mass is 10.2. The third-order valence-corrected chi connectivity index (χ3v) is 3.11. The van der Waals surface area contributed by atoms with Gasteiger partial charge in [-0.25, -0.2) is 4.98 Å². The molecule has 5 heteroatoms. The van der Waals surface area contributed by atoms with E-state index < -0.39 is 0 Å². The van der Waals surface area contributed by atoms with Crippen LogP contribution in [0.2, 0.25) is 0 Å². The number of aliphatic hydroxyl groups is 1. The van der Waals surface area contributed by atoms with Crippen LogP contribution in [0.1, 0.15) is 16.1 Å². The summed E-state index contributed by atoms with van der Waals surface area (Å²) in [6.45, 7) is 0.742. The van der Waals surface area contributed by atoms with E-state index in [1.54, 1.807) is 15.8 Å². The molecule has 0 fully saturated rings. The average molecular weight is 262 g/mol. The van der Waals surface area contributed by atoms with Crippen molar-refractivity contribution in [3.63, 3.8) is 0 Å². The summed E-state index contributed by atoms with van der Waals surface area (Å²) in [4.78, 5) is 17.8. The molecule has 2 rings (SSSR count). The molecule has 1 N–H and O–H groups in total. The van der Waals surface area contributed by atoms with Gasteiger partial charge in [0.2, 0.25) is 0 Å². The Morgan fingerprint density at radius 2 is 2.11 bits per heavy atom. The summed E-state index contributed by atoms with van der Waals surface area (Å²) in [5.41, 5.74) is 3.10. The van der Waals surface area contributed by atoms with Gasteiger partial charge in [-0.05, 0) is 5.56 Å². The van der Waals surface area contributed by atoms with E-state index >= 15 is 0 Å². The van der Waals surface area contributed by atoms with Crippen LogP contribution in [-0.4, -0.2) is 34.0 Å². The van der Waals surface area contributed by atoms with Crippen molar-refractivity contribution in [1.29, 1.82) is 0 Å². The summed E-state index contributed by atoms with van der Waals surface area (Å²) >= 11 is 1.39. The van der Waals surface area contributed by atoms with Gasteiger partial charge < -0.3 is 10.0 Å².